The number of rotatable bonds is 4. The van der Waals surface area contributed by atoms with Gasteiger partial charge in [-0.1, -0.05) is 171 Å². The summed E-state index contributed by atoms with van der Waals surface area (Å²) in [5.41, 5.74) is 15.4. The molecule has 0 unspecified atom stereocenters. The van der Waals surface area contributed by atoms with Crippen LogP contribution in [0.2, 0.25) is 0 Å². The number of para-hydroxylation sites is 1. The van der Waals surface area contributed by atoms with Crippen LogP contribution in [0.15, 0.2) is 182 Å². The molecule has 0 saturated heterocycles. The lowest BCUT2D eigenvalue weighted by molar-refractivity contribution is 0.443. The van der Waals surface area contributed by atoms with Crippen LogP contribution in [0.25, 0.3) is 54.6 Å². The lowest BCUT2D eigenvalue weighted by Gasteiger charge is -2.33. The molecule has 1 fully saturated rings. The minimum absolute atomic E-state index is 0.520. The predicted molar refractivity (Wildman–Crippen MR) is 236 cm³/mol. The molecule has 56 heavy (non-hydrogen) atoms. The van der Waals surface area contributed by atoms with Gasteiger partial charge in [0.25, 0.3) is 0 Å². The van der Waals surface area contributed by atoms with Gasteiger partial charge in [-0.25, -0.2) is 0 Å². The van der Waals surface area contributed by atoms with E-state index < -0.39 is 5.41 Å². The predicted octanol–water partition coefficient (Wildman–Crippen LogP) is 15.0. The van der Waals surface area contributed by atoms with Gasteiger partial charge >= 0.3 is 0 Å². The first kappa shape index (κ1) is 31.9. The lowest BCUT2D eigenvalue weighted by atomic mass is 9.69. The number of benzene rings is 9. The fourth-order valence-electron chi connectivity index (χ4n) is 11.2. The van der Waals surface area contributed by atoms with Crippen molar-refractivity contribution in [3.05, 3.63) is 210 Å². The molecular weight excluding hydrogens is 675 g/mol. The van der Waals surface area contributed by atoms with Crippen molar-refractivity contribution in [3.63, 3.8) is 0 Å². The molecular formula is C55H41N. The average Bonchev–Trinajstić information content (AvgIpc) is 3.76. The Kier molecular flexibility index (Phi) is 6.99. The molecule has 9 aromatic rings. The quantitative estimate of drug-likeness (QED) is 0.164. The van der Waals surface area contributed by atoms with Crippen LogP contribution < -0.4 is 4.90 Å². The topological polar surface area (TPSA) is 3.24 Å². The van der Waals surface area contributed by atoms with Crippen molar-refractivity contribution in [1.82, 2.24) is 0 Å². The second-order valence-corrected chi connectivity index (χ2v) is 16.1. The van der Waals surface area contributed by atoms with Gasteiger partial charge in [-0.3, -0.25) is 0 Å². The zero-order chi connectivity index (χ0) is 36.8. The second-order valence-electron chi connectivity index (χ2n) is 16.1. The third-order valence-electron chi connectivity index (χ3n) is 13.4. The highest BCUT2D eigenvalue weighted by Crippen LogP contribution is 2.67. The summed E-state index contributed by atoms with van der Waals surface area (Å²) in [6, 6.07) is 69.1. The fourth-order valence-corrected chi connectivity index (χ4v) is 11.2. The molecule has 0 amide bonds. The van der Waals surface area contributed by atoms with Crippen molar-refractivity contribution in [1.29, 1.82) is 0 Å². The van der Waals surface area contributed by atoms with Gasteiger partial charge in [0.15, 0.2) is 0 Å². The first-order valence-corrected chi connectivity index (χ1v) is 20.5. The summed E-state index contributed by atoms with van der Waals surface area (Å²) in [6.45, 7) is 0. The van der Waals surface area contributed by atoms with Crippen molar-refractivity contribution in [2.45, 2.75) is 43.4 Å². The Hall–Kier alpha value is -6.44. The summed E-state index contributed by atoms with van der Waals surface area (Å²) in [6.07, 6.45) is 6.64. The number of hydrogen-bond donors (Lipinski definition) is 0. The van der Waals surface area contributed by atoms with E-state index in [0.717, 1.165) is 5.69 Å². The summed E-state index contributed by atoms with van der Waals surface area (Å²) >= 11 is 0. The molecule has 266 valence electrons. The van der Waals surface area contributed by atoms with Crippen LogP contribution in [0.5, 0.6) is 0 Å². The van der Waals surface area contributed by atoms with Crippen LogP contribution >= 0.6 is 0 Å². The molecule has 1 saturated carbocycles. The zero-order valence-corrected chi connectivity index (χ0v) is 31.4. The highest BCUT2D eigenvalue weighted by Gasteiger charge is 2.53. The lowest BCUT2D eigenvalue weighted by Crippen LogP contribution is -2.26. The molecule has 0 aliphatic heterocycles. The van der Waals surface area contributed by atoms with E-state index >= 15 is 0 Å². The number of fused-ring (bicyclic) bond motifs is 17. The fraction of sp³-hybridized carbons (Fsp3) is 0.127. The van der Waals surface area contributed by atoms with Crippen LogP contribution in [0.1, 0.15) is 65.8 Å². The number of nitrogens with zero attached hydrogens (tertiary/aromatic N) is 1. The molecule has 12 rings (SSSR count). The Balaban J connectivity index is 1.24. The van der Waals surface area contributed by atoms with Crippen LogP contribution in [-0.4, -0.2) is 0 Å². The van der Waals surface area contributed by atoms with Crippen molar-refractivity contribution in [3.8, 4) is 22.3 Å². The molecule has 1 heteroatoms. The van der Waals surface area contributed by atoms with Crippen molar-refractivity contribution in [2.24, 2.45) is 0 Å². The monoisotopic (exact) mass is 715 g/mol. The van der Waals surface area contributed by atoms with Gasteiger partial charge in [0.2, 0.25) is 0 Å². The Morgan fingerprint density at radius 2 is 0.893 bits per heavy atom. The zero-order valence-electron chi connectivity index (χ0n) is 31.4. The summed E-state index contributed by atoms with van der Waals surface area (Å²) in [5, 5.41) is 7.81. The number of hydrogen-bond acceptors (Lipinski definition) is 1. The minimum atomic E-state index is -0.520. The maximum absolute atomic E-state index is 2.59. The maximum atomic E-state index is 2.59. The van der Waals surface area contributed by atoms with Gasteiger partial charge in [0.1, 0.15) is 0 Å². The largest absolute Gasteiger partial charge is 0.310 e. The van der Waals surface area contributed by atoms with E-state index in [0.29, 0.717) is 5.92 Å². The third-order valence-corrected chi connectivity index (χ3v) is 13.4. The van der Waals surface area contributed by atoms with Crippen molar-refractivity contribution in [2.75, 3.05) is 4.90 Å². The SMILES string of the molecule is c1ccc(N(c2ccc(C3CCCCC3)cc2)c2cc3c(c4ccccc24)-c2c(c4ccccc4c4ccccc24)C32c3ccccc3-c3ccccc32)cc1. The highest BCUT2D eigenvalue weighted by atomic mass is 15.1. The second kappa shape index (κ2) is 12.3. The minimum Gasteiger partial charge on any atom is -0.310 e. The molecule has 1 spiro atoms. The van der Waals surface area contributed by atoms with E-state index in [9.17, 15) is 0 Å². The van der Waals surface area contributed by atoms with Gasteiger partial charge in [-0.2, -0.15) is 0 Å². The third kappa shape index (κ3) is 4.32. The van der Waals surface area contributed by atoms with Gasteiger partial charge in [-0.15, -0.1) is 0 Å². The van der Waals surface area contributed by atoms with Crippen LogP contribution in [0, 0.1) is 0 Å². The Morgan fingerprint density at radius 1 is 0.393 bits per heavy atom. The van der Waals surface area contributed by atoms with Gasteiger partial charge in [0, 0.05) is 16.8 Å². The van der Waals surface area contributed by atoms with Crippen LogP contribution in [0.4, 0.5) is 17.1 Å². The molecule has 0 N–H and O–H groups in total. The maximum Gasteiger partial charge on any atom is 0.0732 e. The Bertz CT molecular complexity index is 2960. The Morgan fingerprint density at radius 3 is 1.55 bits per heavy atom. The number of anilines is 3. The van der Waals surface area contributed by atoms with Crippen LogP contribution in [-0.2, 0) is 5.41 Å². The first-order chi connectivity index (χ1) is 27.8. The van der Waals surface area contributed by atoms with E-state index in [1.807, 2.05) is 0 Å². The van der Waals surface area contributed by atoms with E-state index in [4.69, 9.17) is 0 Å². The van der Waals surface area contributed by atoms with Gasteiger partial charge in [0.05, 0.1) is 11.1 Å². The van der Waals surface area contributed by atoms with Crippen molar-refractivity contribution >= 4 is 49.4 Å². The van der Waals surface area contributed by atoms with Gasteiger partial charge in [-0.05, 0) is 126 Å². The molecule has 0 heterocycles. The van der Waals surface area contributed by atoms with Crippen LogP contribution in [0.3, 0.4) is 0 Å². The Labute approximate surface area is 328 Å². The molecule has 0 bridgehead atoms. The highest BCUT2D eigenvalue weighted by molar-refractivity contribution is 6.24. The smallest absolute Gasteiger partial charge is 0.0732 e. The summed E-state index contributed by atoms with van der Waals surface area (Å²) < 4.78 is 0. The average molecular weight is 716 g/mol. The van der Waals surface area contributed by atoms with Crippen molar-refractivity contribution < 1.29 is 0 Å². The summed E-state index contributed by atoms with van der Waals surface area (Å²) in [7, 11) is 0. The molecule has 3 aliphatic carbocycles. The summed E-state index contributed by atoms with van der Waals surface area (Å²) in [4.78, 5) is 2.52. The molecule has 1 nitrogen and oxygen atoms in total. The van der Waals surface area contributed by atoms with Gasteiger partial charge < -0.3 is 4.90 Å². The molecule has 0 radical (unpaired) electrons. The molecule has 9 aromatic carbocycles. The first-order valence-electron chi connectivity index (χ1n) is 20.5. The van der Waals surface area contributed by atoms with E-state index in [1.54, 1.807) is 0 Å². The van der Waals surface area contributed by atoms with E-state index in [2.05, 4.69) is 187 Å². The molecule has 0 aromatic heterocycles. The molecule has 3 aliphatic rings. The molecule has 0 atom stereocenters. The van der Waals surface area contributed by atoms with E-state index in [-0.39, 0.29) is 0 Å². The standard InChI is InChI=1S/C55H41N/c1-3-17-36(18-4-1)37-31-33-39(34-32-37)56(38-19-5-2-6-20-38)51-35-50-52(46-27-11-9-25-44(46)51)53-45-26-10-7-21-40(45)41-22-8-12-28-47(41)54(53)55(50)48-29-15-13-23-42(48)43-24-14-16-30-49(43)55/h2,5-16,19-36H,1,3-4,17-18H2. The normalized spacial score (nSPS) is 15.2. The summed E-state index contributed by atoms with van der Waals surface area (Å²) in [5.74, 6) is 0.661. The van der Waals surface area contributed by atoms with E-state index in [1.165, 1.54) is 126 Å².